The summed E-state index contributed by atoms with van der Waals surface area (Å²) in [5, 5.41) is 12.3. The van der Waals surface area contributed by atoms with Gasteiger partial charge in [0.25, 0.3) is 5.91 Å². The van der Waals surface area contributed by atoms with Crippen molar-refractivity contribution >= 4 is 28.8 Å². The highest BCUT2D eigenvalue weighted by Gasteiger charge is 2.35. The van der Waals surface area contributed by atoms with Crippen LogP contribution in [0.2, 0.25) is 0 Å². The fourth-order valence-corrected chi connectivity index (χ4v) is 3.02. The molecule has 0 unspecified atom stereocenters. The molecule has 3 N–H and O–H groups in total. The normalized spacial score (nSPS) is 11.2. The average molecular weight is 434 g/mol. The predicted molar refractivity (Wildman–Crippen MR) is 110 cm³/mol. The number of pyridine rings is 1. The van der Waals surface area contributed by atoms with Gasteiger partial charge in [0.1, 0.15) is 17.1 Å². The molecular formula is C20H21F3N6O2. The lowest BCUT2D eigenvalue weighted by Crippen LogP contribution is -2.20. The molecule has 8 nitrogen and oxygen atoms in total. The van der Waals surface area contributed by atoms with Gasteiger partial charge in [-0.1, -0.05) is 6.07 Å². The van der Waals surface area contributed by atoms with E-state index in [-0.39, 0.29) is 28.5 Å². The van der Waals surface area contributed by atoms with E-state index in [9.17, 15) is 18.0 Å². The van der Waals surface area contributed by atoms with Crippen molar-refractivity contribution in [3.8, 4) is 5.75 Å². The van der Waals surface area contributed by atoms with Crippen LogP contribution in [0.3, 0.4) is 0 Å². The second kappa shape index (κ2) is 8.54. The van der Waals surface area contributed by atoms with E-state index in [1.807, 2.05) is 0 Å². The molecule has 164 valence electrons. The number of carbonyl (C=O) groups is 1. The number of nitrogens with zero attached hydrogens (tertiary/aromatic N) is 3. The van der Waals surface area contributed by atoms with E-state index < -0.39 is 17.6 Å². The van der Waals surface area contributed by atoms with Crippen LogP contribution < -0.4 is 20.7 Å². The van der Waals surface area contributed by atoms with Crippen LogP contribution in [-0.4, -0.2) is 34.8 Å². The summed E-state index contributed by atoms with van der Waals surface area (Å²) < 4.78 is 47.7. The molecule has 1 amide bonds. The van der Waals surface area contributed by atoms with Crippen LogP contribution in [0.4, 0.5) is 36.1 Å². The Labute approximate surface area is 176 Å². The van der Waals surface area contributed by atoms with E-state index in [2.05, 4.69) is 26.0 Å². The Morgan fingerprint density at radius 2 is 1.90 bits per heavy atom. The van der Waals surface area contributed by atoms with E-state index in [1.165, 1.54) is 26.3 Å². The van der Waals surface area contributed by atoms with E-state index in [4.69, 9.17) is 4.74 Å². The van der Waals surface area contributed by atoms with E-state index >= 15 is 0 Å². The van der Waals surface area contributed by atoms with Crippen LogP contribution in [0, 0.1) is 6.92 Å². The summed E-state index contributed by atoms with van der Waals surface area (Å²) >= 11 is 0. The van der Waals surface area contributed by atoms with Gasteiger partial charge < -0.3 is 20.7 Å². The Morgan fingerprint density at radius 1 is 1.16 bits per heavy atom. The van der Waals surface area contributed by atoms with E-state index in [1.54, 1.807) is 37.0 Å². The third kappa shape index (κ3) is 4.71. The fraction of sp³-hybridized carbons (Fsp3) is 0.250. The molecular weight excluding hydrogens is 413 g/mol. The SMILES string of the molecule is CNC(=O)c1c(Nc2cc(Nc3cn(C)nc3C)ncc2C(F)(F)F)cccc1OC. The van der Waals surface area contributed by atoms with Crippen LogP contribution in [0.5, 0.6) is 5.75 Å². The summed E-state index contributed by atoms with van der Waals surface area (Å²) in [7, 11) is 4.52. The van der Waals surface area contributed by atoms with Crippen LogP contribution in [-0.2, 0) is 13.2 Å². The van der Waals surface area contributed by atoms with Crippen molar-refractivity contribution in [3.63, 3.8) is 0 Å². The standard InChI is InChI=1S/C20H21F3N6O2/c1-11-15(10-29(3)28-11)27-17-8-14(12(9-25-17)20(21,22)23)26-13-6-5-7-16(31-4)18(13)19(30)24-2/h5-10H,1-4H3,(H,24,30)(H2,25,26,27). The summed E-state index contributed by atoms with van der Waals surface area (Å²) in [6.07, 6.45) is -2.24. The third-order valence-electron chi connectivity index (χ3n) is 4.46. The minimum atomic E-state index is -4.66. The number of benzene rings is 1. The van der Waals surface area contributed by atoms with Crippen LogP contribution in [0.25, 0.3) is 0 Å². The molecule has 0 aliphatic rings. The number of carbonyl (C=O) groups excluding carboxylic acids is 1. The number of ether oxygens (including phenoxy) is 1. The molecule has 0 radical (unpaired) electrons. The van der Waals surface area contributed by atoms with Crippen molar-refractivity contribution in [1.29, 1.82) is 0 Å². The van der Waals surface area contributed by atoms with Gasteiger partial charge in [-0.25, -0.2) is 4.98 Å². The minimum absolute atomic E-state index is 0.0787. The number of anilines is 4. The van der Waals surface area contributed by atoms with Gasteiger partial charge in [0, 0.05) is 32.6 Å². The number of amides is 1. The lowest BCUT2D eigenvalue weighted by atomic mass is 10.1. The molecule has 2 aromatic heterocycles. The molecule has 31 heavy (non-hydrogen) atoms. The highest BCUT2D eigenvalue weighted by molar-refractivity contribution is 6.03. The Bertz CT molecular complexity index is 1110. The predicted octanol–water partition coefficient (Wildman–Crippen LogP) is 4.00. The van der Waals surface area contributed by atoms with Gasteiger partial charge >= 0.3 is 6.18 Å². The van der Waals surface area contributed by atoms with Crippen molar-refractivity contribution in [1.82, 2.24) is 20.1 Å². The number of aromatic nitrogens is 3. The zero-order chi connectivity index (χ0) is 22.8. The molecule has 0 bridgehead atoms. The maximum atomic E-state index is 13.6. The quantitative estimate of drug-likeness (QED) is 0.543. The minimum Gasteiger partial charge on any atom is -0.496 e. The average Bonchev–Trinajstić information content (AvgIpc) is 3.03. The summed E-state index contributed by atoms with van der Waals surface area (Å²) in [5.41, 5.74) is 0.243. The van der Waals surface area contributed by atoms with Gasteiger partial charge in [0.2, 0.25) is 0 Å². The smallest absolute Gasteiger partial charge is 0.419 e. The number of hydrogen-bond acceptors (Lipinski definition) is 6. The number of rotatable bonds is 6. The molecule has 1 aromatic carbocycles. The number of hydrogen-bond donors (Lipinski definition) is 3. The second-order valence-electron chi connectivity index (χ2n) is 6.63. The topological polar surface area (TPSA) is 93.1 Å². The maximum absolute atomic E-state index is 13.6. The summed E-state index contributed by atoms with van der Waals surface area (Å²) in [5.74, 6) is -0.112. The van der Waals surface area contributed by atoms with Gasteiger partial charge in [-0.3, -0.25) is 9.48 Å². The molecule has 0 saturated heterocycles. The zero-order valence-electron chi connectivity index (χ0n) is 17.3. The third-order valence-corrected chi connectivity index (χ3v) is 4.46. The first-order valence-electron chi connectivity index (χ1n) is 9.14. The highest BCUT2D eigenvalue weighted by atomic mass is 19.4. The number of halogens is 3. The zero-order valence-corrected chi connectivity index (χ0v) is 17.3. The Kier molecular flexibility index (Phi) is 6.04. The van der Waals surface area contributed by atoms with Crippen molar-refractivity contribution in [3.05, 3.63) is 53.5 Å². The van der Waals surface area contributed by atoms with Crippen LogP contribution in [0.1, 0.15) is 21.6 Å². The van der Waals surface area contributed by atoms with Crippen molar-refractivity contribution in [2.75, 3.05) is 24.8 Å². The largest absolute Gasteiger partial charge is 0.496 e. The molecule has 11 heteroatoms. The summed E-state index contributed by atoms with van der Waals surface area (Å²) in [4.78, 5) is 16.2. The van der Waals surface area contributed by atoms with E-state index in [0.29, 0.717) is 11.4 Å². The molecule has 2 heterocycles. The van der Waals surface area contributed by atoms with E-state index in [0.717, 1.165) is 6.20 Å². The van der Waals surface area contributed by atoms with Crippen LogP contribution >= 0.6 is 0 Å². The lowest BCUT2D eigenvalue weighted by molar-refractivity contribution is -0.137. The molecule has 3 rings (SSSR count). The first-order chi connectivity index (χ1) is 14.6. The molecule has 0 aliphatic heterocycles. The van der Waals surface area contributed by atoms with Crippen molar-refractivity contribution in [2.45, 2.75) is 13.1 Å². The number of methoxy groups -OCH3 is 1. The summed E-state index contributed by atoms with van der Waals surface area (Å²) in [6.45, 7) is 1.76. The molecule has 0 atom stereocenters. The first-order valence-corrected chi connectivity index (χ1v) is 9.14. The Morgan fingerprint density at radius 3 is 2.48 bits per heavy atom. The van der Waals surface area contributed by atoms with Gasteiger partial charge in [-0.05, 0) is 19.1 Å². The lowest BCUT2D eigenvalue weighted by Gasteiger charge is -2.18. The van der Waals surface area contributed by atoms with Crippen molar-refractivity contribution < 1.29 is 22.7 Å². The molecule has 0 fully saturated rings. The van der Waals surface area contributed by atoms with Gasteiger partial charge in [0.05, 0.1) is 35.4 Å². The Hall–Kier alpha value is -3.76. The molecule has 0 spiro atoms. The van der Waals surface area contributed by atoms with Crippen molar-refractivity contribution in [2.24, 2.45) is 7.05 Å². The fourth-order valence-electron chi connectivity index (χ4n) is 3.02. The number of alkyl halides is 3. The monoisotopic (exact) mass is 434 g/mol. The second-order valence-corrected chi connectivity index (χ2v) is 6.63. The first kappa shape index (κ1) is 21.9. The van der Waals surface area contributed by atoms with Gasteiger partial charge in [-0.2, -0.15) is 18.3 Å². The Balaban J connectivity index is 2.07. The number of aryl methyl sites for hydroxylation is 2. The summed E-state index contributed by atoms with van der Waals surface area (Å²) in [6, 6.07) is 5.83. The highest BCUT2D eigenvalue weighted by Crippen LogP contribution is 2.38. The van der Waals surface area contributed by atoms with Gasteiger partial charge in [-0.15, -0.1) is 0 Å². The van der Waals surface area contributed by atoms with Crippen LogP contribution in [0.15, 0.2) is 36.7 Å². The maximum Gasteiger partial charge on any atom is 0.419 e. The molecule has 0 aliphatic carbocycles. The molecule has 3 aromatic rings. The molecule has 0 saturated carbocycles. The van der Waals surface area contributed by atoms with Gasteiger partial charge in [0.15, 0.2) is 0 Å². The number of nitrogens with one attached hydrogen (secondary N) is 3.